The maximum absolute atomic E-state index is 13.2. The Morgan fingerprint density at radius 1 is 1.06 bits per heavy atom. The van der Waals surface area contributed by atoms with Crippen LogP contribution in [-0.4, -0.2) is 4.98 Å². The predicted octanol–water partition coefficient (Wildman–Crippen LogP) is 3.02. The molecule has 1 heterocycles. The summed E-state index contributed by atoms with van der Waals surface area (Å²) in [6.45, 7) is 3.71. The van der Waals surface area contributed by atoms with Gasteiger partial charge in [-0.3, -0.25) is 4.98 Å². The van der Waals surface area contributed by atoms with Crippen LogP contribution in [0.5, 0.6) is 0 Å². The second-order valence-electron chi connectivity index (χ2n) is 4.31. The molecule has 0 saturated heterocycles. The molecule has 2 rings (SSSR count). The summed E-state index contributed by atoms with van der Waals surface area (Å²) in [7, 11) is 0. The lowest BCUT2D eigenvalue weighted by molar-refractivity contribution is 0.577. The zero-order valence-electron chi connectivity index (χ0n) is 10.2. The van der Waals surface area contributed by atoms with E-state index in [1.54, 1.807) is 0 Å². The topological polar surface area (TPSA) is 38.9 Å². The molecule has 0 radical (unpaired) electrons. The molecule has 1 atom stereocenters. The number of aryl methyl sites for hydroxylation is 2. The van der Waals surface area contributed by atoms with Gasteiger partial charge in [0.1, 0.15) is 11.6 Å². The summed E-state index contributed by atoms with van der Waals surface area (Å²) in [5.41, 5.74) is 8.86. The first-order chi connectivity index (χ1) is 8.47. The lowest BCUT2D eigenvalue weighted by atomic mass is 9.98. The maximum atomic E-state index is 13.2. The van der Waals surface area contributed by atoms with E-state index >= 15 is 0 Å². The van der Waals surface area contributed by atoms with Crippen LogP contribution in [0.1, 0.15) is 28.6 Å². The van der Waals surface area contributed by atoms with Crippen LogP contribution in [0.3, 0.4) is 0 Å². The van der Waals surface area contributed by atoms with Gasteiger partial charge in [0.05, 0.1) is 6.04 Å². The molecular weight excluding hydrogens is 234 g/mol. The Hall–Kier alpha value is -1.81. The van der Waals surface area contributed by atoms with Gasteiger partial charge in [-0.15, -0.1) is 0 Å². The van der Waals surface area contributed by atoms with Gasteiger partial charge in [-0.05, 0) is 43.2 Å². The minimum atomic E-state index is -0.627. The Balaban J connectivity index is 2.44. The highest BCUT2D eigenvalue weighted by atomic mass is 19.1. The number of hydrogen-bond acceptors (Lipinski definition) is 2. The first-order valence-electron chi connectivity index (χ1n) is 5.63. The fraction of sp³-hybridized carbons (Fsp3) is 0.214. The fourth-order valence-electron chi connectivity index (χ4n) is 1.96. The Kier molecular flexibility index (Phi) is 3.39. The van der Waals surface area contributed by atoms with Crippen LogP contribution in [0.2, 0.25) is 0 Å². The Morgan fingerprint density at radius 3 is 2.22 bits per heavy atom. The summed E-state index contributed by atoms with van der Waals surface area (Å²) in [5, 5.41) is 0. The number of aromatic nitrogens is 1. The number of pyridine rings is 1. The van der Waals surface area contributed by atoms with Gasteiger partial charge < -0.3 is 5.73 Å². The number of benzene rings is 1. The standard InChI is InChI=1S/C14H14F2N2/c1-8-3-4-13(9(2)18-8)14(17)10-5-11(15)7-12(16)6-10/h3-7,14H,17H2,1-2H3. The molecule has 0 bridgehead atoms. The van der Waals surface area contributed by atoms with E-state index in [0.717, 1.165) is 23.0 Å². The molecule has 0 amide bonds. The monoisotopic (exact) mass is 248 g/mol. The van der Waals surface area contributed by atoms with Crippen LogP contribution in [0.25, 0.3) is 0 Å². The average Bonchev–Trinajstić information content (AvgIpc) is 2.26. The molecule has 0 aliphatic heterocycles. The van der Waals surface area contributed by atoms with Crippen LogP contribution in [0.15, 0.2) is 30.3 Å². The predicted molar refractivity (Wildman–Crippen MR) is 66.1 cm³/mol. The molecule has 0 aliphatic rings. The van der Waals surface area contributed by atoms with Gasteiger partial charge in [0, 0.05) is 17.5 Å². The van der Waals surface area contributed by atoms with Crippen LogP contribution >= 0.6 is 0 Å². The molecule has 1 unspecified atom stereocenters. The van der Waals surface area contributed by atoms with Crippen LogP contribution in [0.4, 0.5) is 8.78 Å². The minimum absolute atomic E-state index is 0.404. The van der Waals surface area contributed by atoms with Gasteiger partial charge in [0.25, 0.3) is 0 Å². The van der Waals surface area contributed by atoms with Gasteiger partial charge in [-0.2, -0.15) is 0 Å². The van der Waals surface area contributed by atoms with Crippen molar-refractivity contribution in [3.05, 3.63) is 64.5 Å². The Labute approximate surface area is 104 Å². The lowest BCUT2D eigenvalue weighted by Gasteiger charge is -2.15. The van der Waals surface area contributed by atoms with E-state index in [0.29, 0.717) is 5.56 Å². The van der Waals surface area contributed by atoms with Crippen molar-refractivity contribution in [3.63, 3.8) is 0 Å². The first kappa shape index (κ1) is 12.6. The largest absolute Gasteiger partial charge is 0.320 e. The highest BCUT2D eigenvalue weighted by Crippen LogP contribution is 2.23. The van der Waals surface area contributed by atoms with Crippen molar-refractivity contribution in [1.82, 2.24) is 4.98 Å². The lowest BCUT2D eigenvalue weighted by Crippen LogP contribution is -2.14. The number of nitrogens with zero attached hydrogens (tertiary/aromatic N) is 1. The van der Waals surface area contributed by atoms with Crippen molar-refractivity contribution in [1.29, 1.82) is 0 Å². The Bertz CT molecular complexity index is 562. The average molecular weight is 248 g/mol. The molecule has 2 aromatic rings. The summed E-state index contributed by atoms with van der Waals surface area (Å²) in [4.78, 5) is 4.30. The van der Waals surface area contributed by atoms with Crippen molar-refractivity contribution in [3.8, 4) is 0 Å². The molecule has 4 heteroatoms. The molecule has 2 nitrogen and oxygen atoms in total. The normalized spacial score (nSPS) is 12.5. The molecule has 0 aliphatic carbocycles. The molecule has 1 aromatic carbocycles. The van der Waals surface area contributed by atoms with Crippen molar-refractivity contribution >= 4 is 0 Å². The van der Waals surface area contributed by atoms with E-state index in [9.17, 15) is 8.78 Å². The molecule has 0 fully saturated rings. The van der Waals surface area contributed by atoms with Crippen LogP contribution in [0, 0.1) is 25.5 Å². The van der Waals surface area contributed by atoms with E-state index in [-0.39, 0.29) is 0 Å². The molecule has 1 aromatic heterocycles. The van der Waals surface area contributed by atoms with Gasteiger partial charge in [-0.25, -0.2) is 8.78 Å². The molecular formula is C14H14F2N2. The third-order valence-corrected chi connectivity index (χ3v) is 2.84. The van der Waals surface area contributed by atoms with Crippen molar-refractivity contribution in [2.24, 2.45) is 5.73 Å². The fourth-order valence-corrected chi connectivity index (χ4v) is 1.96. The van der Waals surface area contributed by atoms with Crippen LogP contribution in [-0.2, 0) is 0 Å². The summed E-state index contributed by atoms with van der Waals surface area (Å²) in [5.74, 6) is -1.25. The van der Waals surface area contributed by atoms with E-state index in [2.05, 4.69) is 4.98 Å². The summed E-state index contributed by atoms with van der Waals surface area (Å²) < 4.78 is 26.3. The highest BCUT2D eigenvalue weighted by Gasteiger charge is 2.14. The first-order valence-corrected chi connectivity index (χ1v) is 5.63. The smallest absolute Gasteiger partial charge is 0.126 e. The third-order valence-electron chi connectivity index (χ3n) is 2.84. The molecule has 0 saturated carbocycles. The van der Waals surface area contributed by atoms with Gasteiger partial charge in [-0.1, -0.05) is 6.07 Å². The third kappa shape index (κ3) is 2.54. The van der Waals surface area contributed by atoms with E-state index in [4.69, 9.17) is 5.73 Å². The minimum Gasteiger partial charge on any atom is -0.320 e. The number of rotatable bonds is 2. The summed E-state index contributed by atoms with van der Waals surface area (Å²) >= 11 is 0. The van der Waals surface area contributed by atoms with E-state index in [1.807, 2.05) is 26.0 Å². The highest BCUT2D eigenvalue weighted by molar-refractivity contribution is 5.34. The maximum Gasteiger partial charge on any atom is 0.126 e. The summed E-state index contributed by atoms with van der Waals surface area (Å²) in [6.07, 6.45) is 0. The Morgan fingerprint density at radius 2 is 1.67 bits per heavy atom. The number of nitrogens with two attached hydrogens (primary N) is 1. The quantitative estimate of drug-likeness (QED) is 0.887. The summed E-state index contributed by atoms with van der Waals surface area (Å²) in [6, 6.07) is 6.41. The van der Waals surface area contributed by atoms with Crippen molar-refractivity contribution in [2.45, 2.75) is 19.9 Å². The zero-order valence-corrected chi connectivity index (χ0v) is 10.2. The van der Waals surface area contributed by atoms with Crippen LogP contribution < -0.4 is 5.73 Å². The molecule has 94 valence electrons. The van der Waals surface area contributed by atoms with Crippen molar-refractivity contribution in [2.75, 3.05) is 0 Å². The number of halogens is 2. The van der Waals surface area contributed by atoms with E-state index in [1.165, 1.54) is 12.1 Å². The zero-order chi connectivity index (χ0) is 13.3. The second kappa shape index (κ2) is 4.82. The second-order valence-corrected chi connectivity index (χ2v) is 4.31. The number of hydrogen-bond donors (Lipinski definition) is 1. The van der Waals surface area contributed by atoms with Gasteiger partial charge in [0.2, 0.25) is 0 Å². The molecule has 0 spiro atoms. The van der Waals surface area contributed by atoms with Gasteiger partial charge >= 0.3 is 0 Å². The van der Waals surface area contributed by atoms with Gasteiger partial charge in [0.15, 0.2) is 0 Å². The molecule has 2 N–H and O–H groups in total. The SMILES string of the molecule is Cc1ccc(C(N)c2cc(F)cc(F)c2)c(C)n1. The molecule has 18 heavy (non-hydrogen) atoms. The van der Waals surface area contributed by atoms with E-state index < -0.39 is 17.7 Å². The van der Waals surface area contributed by atoms with Crippen molar-refractivity contribution < 1.29 is 8.78 Å².